The molecule has 0 aromatic heterocycles. The topological polar surface area (TPSA) is 78.4 Å². The third kappa shape index (κ3) is 4.90. The van der Waals surface area contributed by atoms with Crippen molar-refractivity contribution in [2.45, 2.75) is 70.3 Å². The van der Waals surface area contributed by atoms with Gasteiger partial charge in [0.25, 0.3) is 0 Å². The Morgan fingerprint density at radius 3 is 2.57 bits per heavy atom. The van der Waals surface area contributed by atoms with Crippen LogP contribution in [0.2, 0.25) is 0 Å². The predicted octanol–water partition coefficient (Wildman–Crippen LogP) is 2.90. The van der Waals surface area contributed by atoms with Crippen molar-refractivity contribution in [3.05, 3.63) is 0 Å². The quantitative estimate of drug-likeness (QED) is 0.705. The lowest BCUT2D eigenvalue weighted by molar-refractivity contribution is -0.139. The Morgan fingerprint density at radius 1 is 1.24 bits per heavy atom. The fourth-order valence-corrected chi connectivity index (χ4v) is 3.74. The summed E-state index contributed by atoms with van der Waals surface area (Å²) in [5, 5.41) is 14.7. The molecule has 2 aliphatic rings. The summed E-state index contributed by atoms with van der Waals surface area (Å²) < 4.78 is 0. The van der Waals surface area contributed by atoms with Gasteiger partial charge in [-0.25, -0.2) is 4.79 Å². The Balaban J connectivity index is 1.66. The van der Waals surface area contributed by atoms with E-state index in [9.17, 15) is 9.59 Å². The number of hydrogen-bond acceptors (Lipinski definition) is 2. The molecule has 120 valence electrons. The van der Waals surface area contributed by atoms with Gasteiger partial charge in [-0.15, -0.1) is 0 Å². The van der Waals surface area contributed by atoms with E-state index in [4.69, 9.17) is 5.11 Å². The van der Waals surface area contributed by atoms with Crippen molar-refractivity contribution in [2.75, 3.05) is 6.54 Å². The molecule has 2 unspecified atom stereocenters. The predicted molar refractivity (Wildman–Crippen MR) is 81.1 cm³/mol. The lowest BCUT2D eigenvalue weighted by Crippen LogP contribution is -2.57. The number of nitrogens with one attached hydrogen (secondary N) is 2. The first-order chi connectivity index (χ1) is 9.99. The maximum atomic E-state index is 11.9. The number of hydrogen-bond donors (Lipinski definition) is 3. The highest BCUT2D eigenvalue weighted by Crippen LogP contribution is 2.35. The number of carboxylic acids is 1. The van der Waals surface area contributed by atoms with Crippen molar-refractivity contribution < 1.29 is 14.7 Å². The van der Waals surface area contributed by atoms with Gasteiger partial charge in [-0.05, 0) is 43.9 Å². The summed E-state index contributed by atoms with van der Waals surface area (Å²) in [6.45, 7) is 2.99. The highest BCUT2D eigenvalue weighted by Gasteiger charge is 2.40. The van der Waals surface area contributed by atoms with Crippen LogP contribution in [0.1, 0.15) is 64.7 Å². The molecule has 2 saturated carbocycles. The number of urea groups is 1. The summed E-state index contributed by atoms with van der Waals surface area (Å²) in [5.41, 5.74) is -0.505. The Morgan fingerprint density at radius 2 is 2.00 bits per heavy atom. The van der Waals surface area contributed by atoms with Gasteiger partial charge in [-0.1, -0.05) is 26.2 Å². The van der Waals surface area contributed by atoms with Crippen LogP contribution in [0, 0.1) is 11.8 Å². The minimum atomic E-state index is -0.841. The second-order valence-electron chi connectivity index (χ2n) is 7.01. The van der Waals surface area contributed by atoms with Crippen molar-refractivity contribution in [3.63, 3.8) is 0 Å². The van der Waals surface area contributed by atoms with Crippen LogP contribution in [-0.2, 0) is 4.79 Å². The van der Waals surface area contributed by atoms with Gasteiger partial charge in [0.15, 0.2) is 0 Å². The maximum absolute atomic E-state index is 11.9. The standard InChI is InChI=1S/C16H28N2O3/c1-12-4-2-5-13(10-12)6-9-17-15(21)18-16(7-3-8-16)11-14(19)20/h12-13H,2-11H2,1H3,(H,19,20)(H2,17,18,21). The van der Waals surface area contributed by atoms with Crippen molar-refractivity contribution >= 4 is 12.0 Å². The van der Waals surface area contributed by atoms with Crippen LogP contribution in [0.4, 0.5) is 4.79 Å². The van der Waals surface area contributed by atoms with E-state index >= 15 is 0 Å². The normalized spacial score (nSPS) is 27.5. The van der Waals surface area contributed by atoms with E-state index < -0.39 is 11.5 Å². The van der Waals surface area contributed by atoms with Gasteiger partial charge in [0.05, 0.1) is 12.0 Å². The zero-order chi connectivity index (χ0) is 15.3. The molecule has 0 bridgehead atoms. The SMILES string of the molecule is CC1CCCC(CCNC(=O)NC2(CC(=O)O)CCC2)C1. The van der Waals surface area contributed by atoms with E-state index in [1.165, 1.54) is 25.7 Å². The summed E-state index contributed by atoms with van der Waals surface area (Å²) in [4.78, 5) is 22.8. The number of aliphatic carboxylic acids is 1. The van der Waals surface area contributed by atoms with E-state index in [-0.39, 0.29) is 12.5 Å². The first-order valence-electron chi connectivity index (χ1n) is 8.27. The first kappa shape index (κ1) is 16.1. The molecule has 2 fully saturated rings. The summed E-state index contributed by atoms with van der Waals surface area (Å²) in [5.74, 6) is 0.698. The number of carbonyl (C=O) groups excluding carboxylic acids is 1. The number of rotatable bonds is 6. The maximum Gasteiger partial charge on any atom is 0.315 e. The van der Waals surface area contributed by atoms with Crippen molar-refractivity contribution in [2.24, 2.45) is 11.8 Å². The monoisotopic (exact) mass is 296 g/mol. The lowest BCUT2D eigenvalue weighted by atomic mass is 9.74. The van der Waals surface area contributed by atoms with Gasteiger partial charge in [0, 0.05) is 6.54 Å². The molecule has 0 radical (unpaired) electrons. The van der Waals surface area contributed by atoms with Gasteiger partial charge in [-0.2, -0.15) is 0 Å². The molecule has 2 amide bonds. The summed E-state index contributed by atoms with van der Waals surface area (Å²) in [7, 11) is 0. The average molecular weight is 296 g/mol. The molecule has 2 rings (SSSR count). The minimum Gasteiger partial charge on any atom is -0.481 e. The number of carboxylic acid groups (broad SMARTS) is 1. The third-order valence-electron chi connectivity index (χ3n) is 5.06. The van der Waals surface area contributed by atoms with Crippen LogP contribution in [-0.4, -0.2) is 29.2 Å². The summed E-state index contributed by atoms with van der Waals surface area (Å²) >= 11 is 0. The molecule has 0 spiro atoms. The van der Waals surface area contributed by atoms with Crippen LogP contribution in [0.3, 0.4) is 0 Å². The Hall–Kier alpha value is -1.26. The van der Waals surface area contributed by atoms with Gasteiger partial charge in [-0.3, -0.25) is 4.79 Å². The second-order valence-corrected chi connectivity index (χ2v) is 7.01. The lowest BCUT2D eigenvalue weighted by Gasteiger charge is -2.41. The van der Waals surface area contributed by atoms with Crippen LogP contribution < -0.4 is 10.6 Å². The fraction of sp³-hybridized carbons (Fsp3) is 0.875. The molecular weight excluding hydrogens is 268 g/mol. The fourth-order valence-electron chi connectivity index (χ4n) is 3.74. The molecule has 2 atom stereocenters. The summed E-state index contributed by atoms with van der Waals surface area (Å²) in [6.07, 6.45) is 8.78. The zero-order valence-corrected chi connectivity index (χ0v) is 13.0. The molecular formula is C16H28N2O3. The van der Waals surface area contributed by atoms with Crippen LogP contribution in [0.5, 0.6) is 0 Å². The zero-order valence-electron chi connectivity index (χ0n) is 13.0. The summed E-state index contributed by atoms with van der Waals surface area (Å²) in [6, 6.07) is -0.209. The molecule has 0 heterocycles. The van der Waals surface area contributed by atoms with Crippen LogP contribution in [0.25, 0.3) is 0 Å². The molecule has 0 aromatic carbocycles. The van der Waals surface area contributed by atoms with Crippen molar-refractivity contribution in [3.8, 4) is 0 Å². The Kier molecular flexibility index (Phi) is 5.48. The Bertz CT molecular complexity index is 380. The van der Waals surface area contributed by atoms with Crippen LogP contribution >= 0.6 is 0 Å². The molecule has 0 aliphatic heterocycles. The number of carbonyl (C=O) groups is 2. The van der Waals surface area contributed by atoms with Gasteiger partial charge >= 0.3 is 12.0 Å². The van der Waals surface area contributed by atoms with Gasteiger partial charge < -0.3 is 15.7 Å². The first-order valence-corrected chi connectivity index (χ1v) is 8.27. The second kappa shape index (κ2) is 7.14. The van der Waals surface area contributed by atoms with Crippen molar-refractivity contribution in [1.29, 1.82) is 0 Å². The molecule has 5 heteroatoms. The van der Waals surface area contributed by atoms with E-state index in [0.717, 1.165) is 37.5 Å². The minimum absolute atomic E-state index is 0.0283. The average Bonchev–Trinajstić information content (AvgIpc) is 2.35. The van der Waals surface area contributed by atoms with Gasteiger partial charge in [0.1, 0.15) is 0 Å². The molecule has 0 aromatic rings. The highest BCUT2D eigenvalue weighted by molar-refractivity contribution is 5.77. The third-order valence-corrected chi connectivity index (χ3v) is 5.06. The smallest absolute Gasteiger partial charge is 0.315 e. The Labute approximate surface area is 126 Å². The van der Waals surface area contributed by atoms with E-state index in [1.807, 2.05) is 0 Å². The van der Waals surface area contributed by atoms with E-state index in [1.54, 1.807) is 0 Å². The van der Waals surface area contributed by atoms with Crippen LogP contribution in [0.15, 0.2) is 0 Å². The molecule has 3 N–H and O–H groups in total. The van der Waals surface area contributed by atoms with Gasteiger partial charge in [0.2, 0.25) is 0 Å². The molecule has 0 saturated heterocycles. The largest absolute Gasteiger partial charge is 0.481 e. The molecule has 5 nitrogen and oxygen atoms in total. The van der Waals surface area contributed by atoms with Crippen molar-refractivity contribution in [1.82, 2.24) is 10.6 Å². The number of amides is 2. The highest BCUT2D eigenvalue weighted by atomic mass is 16.4. The van der Waals surface area contributed by atoms with E-state index in [0.29, 0.717) is 6.54 Å². The molecule has 21 heavy (non-hydrogen) atoms. The van der Waals surface area contributed by atoms with E-state index in [2.05, 4.69) is 17.6 Å². The molecule has 2 aliphatic carbocycles.